The summed E-state index contributed by atoms with van der Waals surface area (Å²) in [4.78, 5) is 24.9. The van der Waals surface area contributed by atoms with Gasteiger partial charge in [0.2, 0.25) is 0 Å². The third kappa shape index (κ3) is 3.45. The zero-order valence-corrected chi connectivity index (χ0v) is 13.9. The van der Waals surface area contributed by atoms with E-state index in [9.17, 15) is 9.59 Å². The van der Waals surface area contributed by atoms with Gasteiger partial charge in [-0.15, -0.1) is 0 Å². The van der Waals surface area contributed by atoms with Crippen LogP contribution in [0.1, 0.15) is 11.1 Å². The number of carbonyl (C=O) groups excluding carboxylic acids is 2. The van der Waals surface area contributed by atoms with Gasteiger partial charge in [-0.3, -0.25) is 15.0 Å². The zero-order valence-electron chi connectivity index (χ0n) is 13.9. The van der Waals surface area contributed by atoms with E-state index in [1.54, 1.807) is 36.4 Å². The van der Waals surface area contributed by atoms with E-state index in [0.29, 0.717) is 23.6 Å². The van der Waals surface area contributed by atoms with Crippen molar-refractivity contribution in [3.63, 3.8) is 0 Å². The Morgan fingerprint density at radius 1 is 1.12 bits per heavy atom. The van der Waals surface area contributed by atoms with Gasteiger partial charge in [0, 0.05) is 5.56 Å². The second-order valence-corrected chi connectivity index (χ2v) is 5.61. The van der Waals surface area contributed by atoms with Crippen molar-refractivity contribution >= 4 is 23.6 Å². The van der Waals surface area contributed by atoms with Crippen molar-refractivity contribution in [3.8, 4) is 5.75 Å². The second kappa shape index (κ2) is 7.05. The fraction of sp³-hybridized carbons (Fsp3) is 0.100. The molecule has 1 aliphatic rings. The lowest BCUT2D eigenvalue weighted by molar-refractivity contribution is -0.117. The van der Waals surface area contributed by atoms with Gasteiger partial charge in [-0.2, -0.15) is 0 Å². The van der Waals surface area contributed by atoms with Crippen molar-refractivity contribution in [1.82, 2.24) is 5.43 Å². The maximum Gasteiger partial charge on any atom is 0.282 e. The molecule has 1 heterocycles. The van der Waals surface area contributed by atoms with Crippen LogP contribution in [0.5, 0.6) is 5.75 Å². The first-order valence-electron chi connectivity index (χ1n) is 7.86. The molecule has 0 aliphatic carbocycles. The van der Waals surface area contributed by atoms with Crippen LogP contribution in [0, 0.1) is 6.92 Å². The molecule has 2 amide bonds. The van der Waals surface area contributed by atoms with Crippen molar-refractivity contribution in [2.75, 3.05) is 11.6 Å². The Labute approximate surface area is 146 Å². The summed E-state index contributed by atoms with van der Waals surface area (Å²) in [6.45, 7) is 5.92. The number of nitrogens with zero attached hydrogens (tertiary/aromatic N) is 1. The van der Waals surface area contributed by atoms with Gasteiger partial charge >= 0.3 is 0 Å². The Bertz CT molecular complexity index is 853. The molecule has 25 heavy (non-hydrogen) atoms. The van der Waals surface area contributed by atoms with Crippen LogP contribution in [0.4, 0.5) is 5.69 Å². The minimum absolute atomic E-state index is 0.0650. The molecule has 0 spiro atoms. The summed E-state index contributed by atoms with van der Waals surface area (Å²) in [6, 6.07) is 14.6. The molecule has 0 unspecified atom stereocenters. The Morgan fingerprint density at radius 2 is 1.84 bits per heavy atom. The second-order valence-electron chi connectivity index (χ2n) is 5.61. The van der Waals surface area contributed by atoms with Gasteiger partial charge in [0.1, 0.15) is 17.9 Å². The molecule has 1 saturated heterocycles. The molecule has 0 radical (unpaired) electrons. The third-order valence-corrected chi connectivity index (χ3v) is 3.76. The van der Waals surface area contributed by atoms with Crippen molar-refractivity contribution in [2.45, 2.75) is 6.92 Å². The standard InChI is InChI=1S/C20H18N2O3/c1-3-12-25-18-7-5-4-6-15(18)13-17-19(23)21-22(20(17)24)16-10-8-14(2)9-11-16/h3-11,13H,1,12H2,2H3,(H,21,23). The Hall–Kier alpha value is -3.34. The van der Waals surface area contributed by atoms with Crippen molar-refractivity contribution in [2.24, 2.45) is 0 Å². The van der Waals surface area contributed by atoms with E-state index in [4.69, 9.17) is 4.74 Å². The molecule has 2 aromatic rings. The third-order valence-electron chi connectivity index (χ3n) is 3.76. The van der Waals surface area contributed by atoms with Crippen LogP contribution in [0.15, 0.2) is 66.8 Å². The maximum absolute atomic E-state index is 12.6. The zero-order chi connectivity index (χ0) is 17.8. The first-order valence-corrected chi connectivity index (χ1v) is 7.86. The number of nitrogens with one attached hydrogen (secondary N) is 1. The van der Waals surface area contributed by atoms with Crippen LogP contribution in [0.25, 0.3) is 6.08 Å². The first kappa shape index (κ1) is 16.5. The van der Waals surface area contributed by atoms with E-state index in [-0.39, 0.29) is 5.57 Å². The van der Waals surface area contributed by atoms with E-state index >= 15 is 0 Å². The van der Waals surface area contributed by atoms with Gasteiger partial charge in [-0.1, -0.05) is 48.6 Å². The number of anilines is 1. The summed E-state index contributed by atoms with van der Waals surface area (Å²) in [7, 11) is 0. The predicted octanol–water partition coefficient (Wildman–Crippen LogP) is 3.02. The van der Waals surface area contributed by atoms with Gasteiger partial charge in [0.15, 0.2) is 0 Å². The SMILES string of the molecule is C=CCOc1ccccc1C=C1C(=O)NN(c2ccc(C)cc2)C1=O. The van der Waals surface area contributed by atoms with E-state index in [0.717, 1.165) is 5.56 Å². The number of hydrogen-bond donors (Lipinski definition) is 1. The highest BCUT2D eigenvalue weighted by atomic mass is 16.5. The molecule has 0 saturated carbocycles. The van der Waals surface area contributed by atoms with Gasteiger partial charge in [-0.25, -0.2) is 5.01 Å². The number of carbonyl (C=O) groups is 2. The number of hydrazine groups is 1. The summed E-state index contributed by atoms with van der Waals surface area (Å²) >= 11 is 0. The van der Waals surface area contributed by atoms with Crippen LogP contribution in [0.2, 0.25) is 0 Å². The normalized spacial score (nSPS) is 15.4. The highest BCUT2D eigenvalue weighted by Crippen LogP contribution is 2.25. The lowest BCUT2D eigenvalue weighted by Gasteiger charge is -2.14. The van der Waals surface area contributed by atoms with Crippen LogP contribution >= 0.6 is 0 Å². The average molecular weight is 334 g/mol. The summed E-state index contributed by atoms with van der Waals surface area (Å²) in [5, 5.41) is 1.25. The fourth-order valence-electron chi connectivity index (χ4n) is 2.47. The molecule has 3 rings (SSSR count). The minimum atomic E-state index is -0.441. The molecule has 2 aromatic carbocycles. The number of ether oxygens (including phenoxy) is 1. The highest BCUT2D eigenvalue weighted by Gasteiger charge is 2.34. The summed E-state index contributed by atoms with van der Waals surface area (Å²) in [5.41, 5.74) is 5.01. The van der Waals surface area contributed by atoms with Gasteiger partial charge in [0.25, 0.3) is 11.8 Å². The van der Waals surface area contributed by atoms with E-state index in [1.807, 2.05) is 31.2 Å². The number of hydrogen-bond acceptors (Lipinski definition) is 3. The van der Waals surface area contributed by atoms with Crippen molar-refractivity contribution in [1.29, 1.82) is 0 Å². The smallest absolute Gasteiger partial charge is 0.282 e. The quantitative estimate of drug-likeness (QED) is 0.519. The van der Waals surface area contributed by atoms with Gasteiger partial charge in [0.05, 0.1) is 5.69 Å². The summed E-state index contributed by atoms with van der Waals surface area (Å²) in [6.07, 6.45) is 3.18. The molecule has 126 valence electrons. The average Bonchev–Trinajstić information content (AvgIpc) is 2.90. The minimum Gasteiger partial charge on any atom is -0.489 e. The molecular weight excluding hydrogens is 316 g/mol. The lowest BCUT2D eigenvalue weighted by Crippen LogP contribution is -2.35. The van der Waals surface area contributed by atoms with Crippen LogP contribution in [-0.2, 0) is 9.59 Å². The number of rotatable bonds is 5. The molecule has 1 N–H and O–H groups in total. The number of para-hydroxylation sites is 1. The molecule has 5 heteroatoms. The molecule has 1 fully saturated rings. The molecular formula is C20H18N2O3. The van der Waals surface area contributed by atoms with E-state index in [1.165, 1.54) is 5.01 Å². The van der Waals surface area contributed by atoms with Crippen LogP contribution in [-0.4, -0.2) is 18.4 Å². The Kier molecular flexibility index (Phi) is 4.66. The van der Waals surface area contributed by atoms with Gasteiger partial charge in [-0.05, 0) is 31.2 Å². The number of benzene rings is 2. The molecule has 0 aromatic heterocycles. The first-order chi connectivity index (χ1) is 12.1. The number of amides is 2. The number of aryl methyl sites for hydroxylation is 1. The Balaban J connectivity index is 1.91. The monoisotopic (exact) mass is 334 g/mol. The highest BCUT2D eigenvalue weighted by molar-refractivity contribution is 6.31. The molecule has 5 nitrogen and oxygen atoms in total. The van der Waals surface area contributed by atoms with Crippen molar-refractivity contribution < 1.29 is 14.3 Å². The summed E-state index contributed by atoms with van der Waals surface area (Å²) in [5.74, 6) is -0.249. The van der Waals surface area contributed by atoms with Crippen LogP contribution in [0.3, 0.4) is 0 Å². The van der Waals surface area contributed by atoms with Gasteiger partial charge < -0.3 is 4.74 Å². The molecule has 0 atom stereocenters. The lowest BCUT2D eigenvalue weighted by atomic mass is 10.1. The van der Waals surface area contributed by atoms with Crippen LogP contribution < -0.4 is 15.2 Å². The fourth-order valence-corrected chi connectivity index (χ4v) is 2.47. The maximum atomic E-state index is 12.6. The Morgan fingerprint density at radius 3 is 2.56 bits per heavy atom. The largest absolute Gasteiger partial charge is 0.489 e. The summed E-state index contributed by atoms with van der Waals surface area (Å²) < 4.78 is 5.57. The molecule has 0 bridgehead atoms. The van der Waals surface area contributed by atoms with E-state index in [2.05, 4.69) is 12.0 Å². The molecule has 1 aliphatic heterocycles. The van der Waals surface area contributed by atoms with Crippen molar-refractivity contribution in [3.05, 3.63) is 77.9 Å². The van der Waals surface area contributed by atoms with E-state index < -0.39 is 11.8 Å². The topological polar surface area (TPSA) is 58.6 Å². The predicted molar refractivity (Wildman–Crippen MR) is 96.9 cm³/mol.